The highest BCUT2D eigenvalue weighted by atomic mass is 16.5. The Morgan fingerprint density at radius 2 is 2.30 bits per heavy atom. The van der Waals surface area contributed by atoms with Gasteiger partial charge in [-0.3, -0.25) is 0 Å². The van der Waals surface area contributed by atoms with E-state index in [4.69, 9.17) is 4.74 Å². The second kappa shape index (κ2) is 7.74. The summed E-state index contributed by atoms with van der Waals surface area (Å²) in [6.07, 6.45) is 3.59. The Morgan fingerprint density at radius 3 is 2.90 bits per heavy atom. The number of rotatable bonds is 7. The smallest absolute Gasteiger partial charge is 0.0546 e. The Labute approximate surface area is 123 Å². The molecule has 2 heterocycles. The highest BCUT2D eigenvalue weighted by molar-refractivity contribution is 4.89. The van der Waals surface area contributed by atoms with Gasteiger partial charge in [0.25, 0.3) is 0 Å². The number of likely N-dealkylation sites (tertiary alicyclic amines) is 1. The maximum Gasteiger partial charge on any atom is 0.0546 e. The van der Waals surface area contributed by atoms with Crippen molar-refractivity contribution in [2.75, 3.05) is 52.5 Å². The van der Waals surface area contributed by atoms with Crippen molar-refractivity contribution in [3.05, 3.63) is 0 Å². The molecular formula is C16H32N2O2. The molecule has 0 spiro atoms. The monoisotopic (exact) mass is 284 g/mol. The summed E-state index contributed by atoms with van der Waals surface area (Å²) in [4.78, 5) is 2.53. The molecule has 20 heavy (non-hydrogen) atoms. The van der Waals surface area contributed by atoms with Crippen LogP contribution in [0.1, 0.15) is 33.1 Å². The van der Waals surface area contributed by atoms with E-state index in [0.717, 1.165) is 52.4 Å². The van der Waals surface area contributed by atoms with Crippen LogP contribution in [-0.4, -0.2) is 62.6 Å². The molecule has 0 aliphatic carbocycles. The van der Waals surface area contributed by atoms with Gasteiger partial charge < -0.3 is 20.1 Å². The lowest BCUT2D eigenvalue weighted by Gasteiger charge is -2.40. The molecule has 2 aliphatic heterocycles. The van der Waals surface area contributed by atoms with Gasteiger partial charge >= 0.3 is 0 Å². The fourth-order valence-corrected chi connectivity index (χ4v) is 3.54. The Kier molecular flexibility index (Phi) is 6.27. The van der Waals surface area contributed by atoms with E-state index in [9.17, 15) is 5.11 Å². The average Bonchev–Trinajstić information content (AvgIpc) is 2.86. The van der Waals surface area contributed by atoms with Crippen molar-refractivity contribution in [3.63, 3.8) is 0 Å². The third-order valence-corrected chi connectivity index (χ3v) is 4.64. The molecule has 2 atom stereocenters. The number of aliphatic hydroxyl groups excluding tert-OH is 1. The molecule has 2 N–H and O–H groups in total. The van der Waals surface area contributed by atoms with E-state index in [2.05, 4.69) is 24.1 Å². The standard InChI is InChI=1S/C16H32N2O2/c1-14(2)8-17-11-16(5-3-7-20-13-16)12-18-6-4-15(9-18)10-19/h14-15,17,19H,3-13H2,1-2H3. The van der Waals surface area contributed by atoms with E-state index in [0.29, 0.717) is 18.4 Å². The number of ether oxygens (including phenoxy) is 1. The fourth-order valence-electron chi connectivity index (χ4n) is 3.54. The first-order valence-electron chi connectivity index (χ1n) is 8.25. The van der Waals surface area contributed by atoms with Crippen LogP contribution < -0.4 is 5.32 Å². The second-order valence-electron chi connectivity index (χ2n) is 7.25. The highest BCUT2D eigenvalue weighted by Crippen LogP contribution is 2.31. The summed E-state index contributed by atoms with van der Waals surface area (Å²) >= 11 is 0. The first-order valence-corrected chi connectivity index (χ1v) is 8.25. The summed E-state index contributed by atoms with van der Waals surface area (Å²) in [6.45, 7) is 12.1. The molecule has 0 amide bonds. The summed E-state index contributed by atoms with van der Waals surface area (Å²) in [5, 5.41) is 12.9. The van der Waals surface area contributed by atoms with Gasteiger partial charge in [0.15, 0.2) is 0 Å². The van der Waals surface area contributed by atoms with Crippen molar-refractivity contribution >= 4 is 0 Å². The Hall–Kier alpha value is -0.160. The van der Waals surface area contributed by atoms with E-state index in [1.807, 2.05) is 0 Å². The zero-order chi connectivity index (χ0) is 14.4. The quantitative estimate of drug-likeness (QED) is 0.740. The number of nitrogens with zero attached hydrogens (tertiary/aromatic N) is 1. The molecule has 0 aromatic carbocycles. The molecule has 2 unspecified atom stereocenters. The highest BCUT2D eigenvalue weighted by Gasteiger charge is 2.36. The molecular weight excluding hydrogens is 252 g/mol. The first-order chi connectivity index (χ1) is 9.63. The van der Waals surface area contributed by atoms with Crippen LogP contribution in [0.3, 0.4) is 0 Å². The van der Waals surface area contributed by atoms with E-state index in [1.54, 1.807) is 0 Å². The Bertz CT molecular complexity index is 278. The molecule has 2 fully saturated rings. The maximum atomic E-state index is 9.29. The lowest BCUT2D eigenvalue weighted by Crippen LogP contribution is -2.49. The number of hydrogen-bond acceptors (Lipinski definition) is 4. The minimum atomic E-state index is 0.275. The third-order valence-electron chi connectivity index (χ3n) is 4.64. The van der Waals surface area contributed by atoms with Gasteiger partial charge in [-0.25, -0.2) is 0 Å². The molecule has 0 bridgehead atoms. The minimum absolute atomic E-state index is 0.275. The topological polar surface area (TPSA) is 44.7 Å². The molecule has 118 valence electrons. The Balaban J connectivity index is 1.86. The number of nitrogens with one attached hydrogen (secondary N) is 1. The van der Waals surface area contributed by atoms with Crippen LogP contribution in [0.25, 0.3) is 0 Å². The van der Waals surface area contributed by atoms with Crippen LogP contribution in [-0.2, 0) is 4.74 Å². The molecule has 0 radical (unpaired) electrons. The van der Waals surface area contributed by atoms with Crippen LogP contribution >= 0.6 is 0 Å². The molecule has 4 heteroatoms. The lowest BCUT2D eigenvalue weighted by molar-refractivity contribution is -0.0239. The zero-order valence-electron chi connectivity index (χ0n) is 13.2. The van der Waals surface area contributed by atoms with Gasteiger partial charge in [-0.15, -0.1) is 0 Å². The molecule has 0 saturated carbocycles. The first kappa shape index (κ1) is 16.2. The van der Waals surface area contributed by atoms with Crippen LogP contribution in [0.4, 0.5) is 0 Å². The predicted molar refractivity (Wildman–Crippen MR) is 81.8 cm³/mol. The average molecular weight is 284 g/mol. The van der Waals surface area contributed by atoms with E-state index in [-0.39, 0.29) is 5.41 Å². The lowest BCUT2D eigenvalue weighted by atomic mass is 9.81. The maximum absolute atomic E-state index is 9.29. The second-order valence-corrected chi connectivity index (χ2v) is 7.25. The zero-order valence-corrected chi connectivity index (χ0v) is 13.2. The third kappa shape index (κ3) is 4.69. The van der Waals surface area contributed by atoms with Crippen molar-refractivity contribution in [2.24, 2.45) is 17.3 Å². The van der Waals surface area contributed by atoms with Gasteiger partial charge in [0.2, 0.25) is 0 Å². The summed E-state index contributed by atoms with van der Waals surface area (Å²) < 4.78 is 5.79. The van der Waals surface area contributed by atoms with Gasteiger partial charge in [0, 0.05) is 38.3 Å². The van der Waals surface area contributed by atoms with E-state index < -0.39 is 0 Å². The summed E-state index contributed by atoms with van der Waals surface area (Å²) in [6, 6.07) is 0. The van der Waals surface area contributed by atoms with Crippen LogP contribution in [0, 0.1) is 17.3 Å². The number of hydrogen-bond donors (Lipinski definition) is 2. The molecule has 0 aromatic rings. The van der Waals surface area contributed by atoms with Gasteiger partial charge in [0.1, 0.15) is 0 Å². The minimum Gasteiger partial charge on any atom is -0.396 e. The Morgan fingerprint density at radius 1 is 1.45 bits per heavy atom. The van der Waals surface area contributed by atoms with Gasteiger partial charge in [-0.1, -0.05) is 13.8 Å². The van der Waals surface area contributed by atoms with Crippen molar-refractivity contribution in [1.82, 2.24) is 10.2 Å². The molecule has 2 rings (SSSR count). The summed E-state index contributed by atoms with van der Waals surface area (Å²) in [5.74, 6) is 1.18. The van der Waals surface area contributed by atoms with Crippen LogP contribution in [0.2, 0.25) is 0 Å². The van der Waals surface area contributed by atoms with Gasteiger partial charge in [-0.2, -0.15) is 0 Å². The SMILES string of the molecule is CC(C)CNCC1(CN2CCC(CO)C2)CCCOC1. The molecule has 4 nitrogen and oxygen atoms in total. The van der Waals surface area contributed by atoms with Gasteiger partial charge in [0.05, 0.1) is 6.61 Å². The summed E-state index contributed by atoms with van der Waals surface area (Å²) in [5.41, 5.74) is 0.275. The van der Waals surface area contributed by atoms with Crippen LogP contribution in [0.15, 0.2) is 0 Å². The predicted octanol–water partition coefficient (Wildman–Crippen LogP) is 1.34. The van der Waals surface area contributed by atoms with Crippen LogP contribution in [0.5, 0.6) is 0 Å². The van der Waals surface area contributed by atoms with Crippen molar-refractivity contribution in [2.45, 2.75) is 33.1 Å². The van der Waals surface area contributed by atoms with Crippen molar-refractivity contribution in [1.29, 1.82) is 0 Å². The fraction of sp³-hybridized carbons (Fsp3) is 1.00. The largest absolute Gasteiger partial charge is 0.396 e. The summed E-state index contributed by atoms with van der Waals surface area (Å²) in [7, 11) is 0. The molecule has 2 saturated heterocycles. The van der Waals surface area contributed by atoms with E-state index >= 15 is 0 Å². The molecule has 2 aliphatic rings. The van der Waals surface area contributed by atoms with Gasteiger partial charge in [-0.05, 0) is 44.2 Å². The van der Waals surface area contributed by atoms with Crippen molar-refractivity contribution < 1.29 is 9.84 Å². The van der Waals surface area contributed by atoms with Crippen molar-refractivity contribution in [3.8, 4) is 0 Å². The van der Waals surface area contributed by atoms with E-state index in [1.165, 1.54) is 12.8 Å². The normalized spacial score (nSPS) is 32.1. The molecule has 0 aromatic heterocycles. The number of aliphatic hydroxyl groups is 1.